The first-order valence-corrected chi connectivity index (χ1v) is 7.08. The Morgan fingerprint density at radius 3 is 1.83 bits per heavy atom. The van der Waals surface area contributed by atoms with Crippen molar-refractivity contribution in [1.29, 1.82) is 0 Å². The number of aliphatic hydroxyl groups is 8. The molecule has 2 saturated heterocycles. The van der Waals surface area contributed by atoms with Crippen LogP contribution in [0.4, 0.5) is 0 Å². The van der Waals surface area contributed by atoms with Crippen molar-refractivity contribution in [2.75, 3.05) is 13.2 Å². The highest BCUT2D eigenvalue weighted by Crippen LogP contribution is 2.28. The van der Waals surface area contributed by atoms with E-state index in [0.717, 1.165) is 0 Å². The van der Waals surface area contributed by atoms with Gasteiger partial charge in [-0.15, -0.1) is 0 Å². The van der Waals surface area contributed by atoms with Gasteiger partial charge in [-0.1, -0.05) is 0 Å². The highest BCUT2D eigenvalue weighted by molar-refractivity contribution is 4.93. The first kappa shape index (κ1) is 18.9. The minimum atomic E-state index is -1.74. The van der Waals surface area contributed by atoms with Crippen LogP contribution in [-0.2, 0) is 14.2 Å². The molecule has 0 saturated carbocycles. The Kier molecular flexibility index (Phi) is 6.27. The van der Waals surface area contributed by atoms with E-state index in [2.05, 4.69) is 0 Å². The molecular weight excluding hydrogens is 320 g/mol. The van der Waals surface area contributed by atoms with Gasteiger partial charge in [-0.25, -0.2) is 0 Å². The maximum Gasteiger partial charge on any atom is 0.187 e. The van der Waals surface area contributed by atoms with Crippen LogP contribution in [0.1, 0.15) is 0 Å². The lowest BCUT2D eigenvalue weighted by Gasteiger charge is -2.45. The largest absolute Gasteiger partial charge is 0.394 e. The molecule has 0 radical (unpaired) electrons. The predicted molar refractivity (Wildman–Crippen MR) is 68.6 cm³/mol. The van der Waals surface area contributed by atoms with Gasteiger partial charge in [-0.2, -0.15) is 0 Å². The lowest BCUT2D eigenvalue weighted by atomic mass is 9.97. The van der Waals surface area contributed by atoms with Crippen LogP contribution in [-0.4, -0.2) is 115 Å². The van der Waals surface area contributed by atoms with Gasteiger partial charge in [-0.05, 0) is 0 Å². The molecule has 2 aliphatic heterocycles. The standard InChI is InChI=1S/C12H22O11/c13-1-3-5(15)6(16)9(19)12(22-3)23-10-4(2-14)21-11(20)8(18)7(10)17/h3-20H,1-2H2/t3?,4?,5-,6?,7?,8-,9-,10-,11+,12+/m0/s1. The number of rotatable bonds is 4. The Balaban J connectivity index is 2.11. The van der Waals surface area contributed by atoms with Crippen LogP contribution in [0.15, 0.2) is 0 Å². The minimum Gasteiger partial charge on any atom is -0.394 e. The second-order valence-corrected chi connectivity index (χ2v) is 5.53. The molecule has 136 valence electrons. The molecule has 0 aromatic heterocycles. The molecule has 2 fully saturated rings. The zero-order valence-electron chi connectivity index (χ0n) is 12.0. The predicted octanol–water partition coefficient (Wildman–Crippen LogP) is -5.40. The van der Waals surface area contributed by atoms with Crippen molar-refractivity contribution in [1.82, 2.24) is 0 Å². The van der Waals surface area contributed by atoms with Gasteiger partial charge in [0.2, 0.25) is 0 Å². The monoisotopic (exact) mass is 342 g/mol. The zero-order chi connectivity index (χ0) is 17.3. The van der Waals surface area contributed by atoms with Crippen molar-refractivity contribution in [2.24, 2.45) is 0 Å². The van der Waals surface area contributed by atoms with Crippen molar-refractivity contribution in [3.05, 3.63) is 0 Å². The summed E-state index contributed by atoms with van der Waals surface area (Å²) in [5, 5.41) is 76.5. The molecule has 11 heteroatoms. The quantitative estimate of drug-likeness (QED) is 0.243. The van der Waals surface area contributed by atoms with Gasteiger partial charge in [0, 0.05) is 0 Å². The van der Waals surface area contributed by atoms with Gasteiger partial charge in [0.1, 0.15) is 48.8 Å². The van der Waals surface area contributed by atoms with Gasteiger partial charge in [0.25, 0.3) is 0 Å². The van der Waals surface area contributed by atoms with E-state index in [4.69, 9.17) is 19.3 Å². The summed E-state index contributed by atoms with van der Waals surface area (Å²) < 4.78 is 15.3. The van der Waals surface area contributed by atoms with E-state index < -0.39 is 74.6 Å². The molecule has 4 unspecified atom stereocenters. The molecule has 11 nitrogen and oxygen atoms in total. The Hall–Kier alpha value is -0.440. The van der Waals surface area contributed by atoms with E-state index in [1.807, 2.05) is 0 Å². The SMILES string of the molecule is OCC1O[C@H](O[C@H]2C(CO)O[C@@H](O)[C@@H](O)C2O)[C@@H](O)C(O)[C@H]1O. The van der Waals surface area contributed by atoms with Gasteiger partial charge < -0.3 is 55.1 Å². The molecule has 0 aromatic carbocycles. The smallest absolute Gasteiger partial charge is 0.187 e. The summed E-state index contributed by atoms with van der Waals surface area (Å²) in [4.78, 5) is 0. The van der Waals surface area contributed by atoms with E-state index in [-0.39, 0.29) is 0 Å². The summed E-state index contributed by atoms with van der Waals surface area (Å²) in [5.74, 6) is 0. The fourth-order valence-corrected chi connectivity index (χ4v) is 2.57. The lowest BCUT2D eigenvalue weighted by Crippen LogP contribution is -2.64. The van der Waals surface area contributed by atoms with Gasteiger partial charge in [0.05, 0.1) is 13.2 Å². The maximum atomic E-state index is 9.94. The Morgan fingerprint density at radius 2 is 1.26 bits per heavy atom. The highest BCUT2D eigenvalue weighted by atomic mass is 16.7. The zero-order valence-corrected chi connectivity index (χ0v) is 12.0. The van der Waals surface area contributed by atoms with Crippen LogP contribution >= 0.6 is 0 Å². The summed E-state index contributed by atoms with van der Waals surface area (Å²) in [6.45, 7) is -1.35. The average Bonchev–Trinajstić information content (AvgIpc) is 2.55. The number of hydrogen-bond acceptors (Lipinski definition) is 11. The molecular formula is C12H22O11. The normalized spacial score (nSPS) is 51.7. The second-order valence-electron chi connectivity index (χ2n) is 5.53. The van der Waals surface area contributed by atoms with E-state index in [1.165, 1.54) is 0 Å². The van der Waals surface area contributed by atoms with Crippen LogP contribution < -0.4 is 0 Å². The molecule has 8 N–H and O–H groups in total. The highest BCUT2D eigenvalue weighted by Gasteiger charge is 2.50. The number of hydrogen-bond donors (Lipinski definition) is 8. The Labute approximate surface area is 130 Å². The van der Waals surface area contributed by atoms with Crippen LogP contribution in [0.5, 0.6) is 0 Å². The summed E-state index contributed by atoms with van der Waals surface area (Å²) in [6, 6.07) is 0. The summed E-state index contributed by atoms with van der Waals surface area (Å²) in [5.41, 5.74) is 0. The Morgan fingerprint density at radius 1 is 0.652 bits per heavy atom. The van der Waals surface area contributed by atoms with Crippen molar-refractivity contribution in [2.45, 2.75) is 61.4 Å². The molecule has 0 amide bonds. The molecule has 23 heavy (non-hydrogen) atoms. The molecule has 0 bridgehead atoms. The van der Waals surface area contributed by atoms with Crippen molar-refractivity contribution in [3.8, 4) is 0 Å². The molecule has 10 atom stereocenters. The third-order valence-corrected chi connectivity index (χ3v) is 3.98. The average molecular weight is 342 g/mol. The van der Waals surface area contributed by atoms with Gasteiger partial charge in [-0.3, -0.25) is 0 Å². The molecule has 2 aliphatic rings. The fraction of sp³-hybridized carbons (Fsp3) is 1.00. The van der Waals surface area contributed by atoms with Crippen molar-refractivity contribution < 1.29 is 55.1 Å². The first-order valence-electron chi connectivity index (χ1n) is 7.08. The summed E-state index contributed by atoms with van der Waals surface area (Å²) in [7, 11) is 0. The van der Waals surface area contributed by atoms with Crippen molar-refractivity contribution in [3.63, 3.8) is 0 Å². The fourth-order valence-electron chi connectivity index (χ4n) is 2.57. The molecule has 2 heterocycles. The maximum absolute atomic E-state index is 9.94. The minimum absolute atomic E-state index is 0.667. The van der Waals surface area contributed by atoms with Crippen LogP contribution in [0.25, 0.3) is 0 Å². The molecule has 0 aromatic rings. The van der Waals surface area contributed by atoms with Crippen LogP contribution in [0, 0.1) is 0 Å². The lowest BCUT2D eigenvalue weighted by molar-refractivity contribution is -0.355. The van der Waals surface area contributed by atoms with E-state index in [0.29, 0.717) is 0 Å². The molecule has 2 rings (SSSR count). The summed E-state index contributed by atoms with van der Waals surface area (Å²) >= 11 is 0. The van der Waals surface area contributed by atoms with E-state index >= 15 is 0 Å². The topological polar surface area (TPSA) is 190 Å². The third-order valence-electron chi connectivity index (χ3n) is 3.98. The Bertz CT molecular complexity index is 378. The van der Waals surface area contributed by atoms with E-state index in [9.17, 15) is 35.7 Å². The number of aliphatic hydroxyl groups excluding tert-OH is 8. The summed E-state index contributed by atoms with van der Waals surface area (Å²) in [6.07, 6.45) is -15.6. The number of ether oxygens (including phenoxy) is 3. The second kappa shape index (κ2) is 7.63. The molecule has 0 spiro atoms. The molecule has 0 aliphatic carbocycles. The third kappa shape index (κ3) is 3.65. The van der Waals surface area contributed by atoms with E-state index in [1.54, 1.807) is 0 Å². The van der Waals surface area contributed by atoms with Crippen LogP contribution in [0.3, 0.4) is 0 Å². The van der Waals surface area contributed by atoms with Gasteiger partial charge in [0.15, 0.2) is 12.6 Å². The van der Waals surface area contributed by atoms with Crippen LogP contribution in [0.2, 0.25) is 0 Å². The van der Waals surface area contributed by atoms with Gasteiger partial charge >= 0.3 is 0 Å². The van der Waals surface area contributed by atoms with Crippen molar-refractivity contribution >= 4 is 0 Å². The first-order chi connectivity index (χ1) is 10.8.